The Morgan fingerprint density at radius 2 is 1.80 bits per heavy atom. The molecule has 0 aliphatic heterocycles. The number of hydrogen-bond donors (Lipinski definition) is 1. The Labute approximate surface area is 147 Å². The summed E-state index contributed by atoms with van der Waals surface area (Å²) in [6, 6.07) is 12.2. The summed E-state index contributed by atoms with van der Waals surface area (Å²) in [5, 5.41) is 13.6. The predicted molar refractivity (Wildman–Crippen MR) is 97.1 cm³/mol. The fraction of sp³-hybridized carbons (Fsp3) is 0.316. The summed E-state index contributed by atoms with van der Waals surface area (Å²) < 4.78 is 5.48. The van der Waals surface area contributed by atoms with E-state index in [1.165, 1.54) is 17.7 Å². The quantitative estimate of drug-likeness (QED) is 0.651. The second-order valence-corrected chi connectivity index (χ2v) is 6.82. The standard InChI is InChI=1S/C19H22N2O4/c1-13-16(6-5-7-17(13)21(23)24)20-18(22)12-25-15-10-8-14(9-11-15)19(2,3)4/h5-11H,12H2,1-4H3,(H,20,22). The maximum absolute atomic E-state index is 12.0. The lowest BCUT2D eigenvalue weighted by Crippen LogP contribution is -2.21. The molecule has 1 N–H and O–H groups in total. The fourth-order valence-corrected chi connectivity index (χ4v) is 2.34. The Morgan fingerprint density at radius 3 is 2.36 bits per heavy atom. The van der Waals surface area contributed by atoms with Crippen LogP contribution in [0.15, 0.2) is 42.5 Å². The molecule has 0 spiro atoms. The van der Waals surface area contributed by atoms with Gasteiger partial charge in [0.1, 0.15) is 5.75 Å². The van der Waals surface area contributed by atoms with Crippen LogP contribution in [0.4, 0.5) is 11.4 Å². The van der Waals surface area contributed by atoms with Crippen molar-refractivity contribution in [2.45, 2.75) is 33.1 Å². The highest BCUT2D eigenvalue weighted by molar-refractivity contribution is 5.93. The van der Waals surface area contributed by atoms with Gasteiger partial charge in [-0.05, 0) is 36.1 Å². The molecule has 0 fully saturated rings. The van der Waals surface area contributed by atoms with Gasteiger partial charge in [-0.15, -0.1) is 0 Å². The minimum atomic E-state index is -0.474. The van der Waals surface area contributed by atoms with E-state index in [1.807, 2.05) is 24.3 Å². The van der Waals surface area contributed by atoms with E-state index in [2.05, 4.69) is 26.1 Å². The molecule has 25 heavy (non-hydrogen) atoms. The van der Waals surface area contributed by atoms with E-state index in [0.717, 1.165) is 0 Å². The normalized spacial score (nSPS) is 11.0. The molecule has 1 amide bonds. The van der Waals surface area contributed by atoms with Crippen molar-refractivity contribution in [1.82, 2.24) is 0 Å². The Balaban J connectivity index is 1.97. The minimum Gasteiger partial charge on any atom is -0.484 e. The molecule has 2 aromatic carbocycles. The van der Waals surface area contributed by atoms with Crippen LogP contribution in [0.25, 0.3) is 0 Å². The molecule has 6 nitrogen and oxygen atoms in total. The zero-order valence-corrected chi connectivity index (χ0v) is 14.8. The Kier molecular flexibility index (Phi) is 5.41. The number of amides is 1. The van der Waals surface area contributed by atoms with Gasteiger partial charge in [0.15, 0.2) is 6.61 Å². The molecule has 6 heteroatoms. The summed E-state index contributed by atoms with van der Waals surface area (Å²) in [6.45, 7) is 7.80. The van der Waals surface area contributed by atoms with Gasteiger partial charge in [-0.25, -0.2) is 0 Å². The van der Waals surface area contributed by atoms with E-state index in [-0.39, 0.29) is 23.6 Å². The minimum absolute atomic E-state index is 0.0310. The van der Waals surface area contributed by atoms with Crippen LogP contribution in [-0.2, 0) is 10.2 Å². The topological polar surface area (TPSA) is 81.5 Å². The van der Waals surface area contributed by atoms with Gasteiger partial charge < -0.3 is 10.1 Å². The van der Waals surface area contributed by atoms with Crippen LogP contribution < -0.4 is 10.1 Å². The van der Waals surface area contributed by atoms with Gasteiger partial charge >= 0.3 is 0 Å². The van der Waals surface area contributed by atoms with Crippen molar-refractivity contribution >= 4 is 17.3 Å². The molecule has 0 bridgehead atoms. The lowest BCUT2D eigenvalue weighted by Gasteiger charge is -2.19. The summed E-state index contributed by atoms with van der Waals surface area (Å²) in [5.74, 6) is 0.224. The molecule has 0 aromatic heterocycles. The first kappa shape index (κ1) is 18.4. The third kappa shape index (κ3) is 4.79. The smallest absolute Gasteiger partial charge is 0.274 e. The number of carbonyl (C=O) groups excluding carboxylic acids is 1. The highest BCUT2D eigenvalue weighted by atomic mass is 16.6. The largest absolute Gasteiger partial charge is 0.484 e. The van der Waals surface area contributed by atoms with Gasteiger partial charge in [-0.2, -0.15) is 0 Å². The second kappa shape index (κ2) is 7.34. The van der Waals surface area contributed by atoms with Crippen molar-refractivity contribution in [3.8, 4) is 5.75 Å². The van der Waals surface area contributed by atoms with Crippen molar-refractivity contribution in [2.75, 3.05) is 11.9 Å². The highest BCUT2D eigenvalue weighted by Crippen LogP contribution is 2.26. The third-order valence-corrected chi connectivity index (χ3v) is 3.87. The molecule has 0 atom stereocenters. The van der Waals surface area contributed by atoms with Crippen LogP contribution in [0.3, 0.4) is 0 Å². The van der Waals surface area contributed by atoms with Crippen LogP contribution in [0.2, 0.25) is 0 Å². The molecule has 2 aromatic rings. The van der Waals surface area contributed by atoms with E-state index in [1.54, 1.807) is 13.0 Å². The average Bonchev–Trinajstić information content (AvgIpc) is 2.54. The first-order valence-electron chi connectivity index (χ1n) is 7.95. The highest BCUT2D eigenvalue weighted by Gasteiger charge is 2.15. The van der Waals surface area contributed by atoms with E-state index in [4.69, 9.17) is 4.74 Å². The average molecular weight is 342 g/mol. The Bertz CT molecular complexity index is 777. The summed E-state index contributed by atoms with van der Waals surface area (Å²) in [7, 11) is 0. The zero-order chi connectivity index (χ0) is 18.6. The number of benzene rings is 2. The maximum atomic E-state index is 12.0. The van der Waals surface area contributed by atoms with Crippen molar-refractivity contribution in [3.63, 3.8) is 0 Å². The molecule has 0 aliphatic carbocycles. The number of nitrogens with zero attached hydrogens (tertiary/aromatic N) is 1. The summed E-state index contributed by atoms with van der Waals surface area (Å²) in [6.07, 6.45) is 0. The van der Waals surface area contributed by atoms with Gasteiger partial charge in [0.25, 0.3) is 11.6 Å². The third-order valence-electron chi connectivity index (χ3n) is 3.87. The lowest BCUT2D eigenvalue weighted by molar-refractivity contribution is -0.385. The molecule has 0 saturated heterocycles. The number of hydrogen-bond acceptors (Lipinski definition) is 4. The zero-order valence-electron chi connectivity index (χ0n) is 14.8. The Hall–Kier alpha value is -2.89. The van der Waals surface area contributed by atoms with Crippen LogP contribution in [0, 0.1) is 17.0 Å². The molecule has 0 unspecified atom stereocenters. The van der Waals surface area contributed by atoms with Crippen LogP contribution in [0.1, 0.15) is 31.9 Å². The SMILES string of the molecule is Cc1c(NC(=O)COc2ccc(C(C)(C)C)cc2)cccc1[N+](=O)[O-]. The Morgan fingerprint density at radius 1 is 1.16 bits per heavy atom. The monoisotopic (exact) mass is 342 g/mol. The molecule has 0 aliphatic rings. The number of nitro benzene ring substituents is 1. The van der Waals surface area contributed by atoms with Gasteiger partial charge in [0.05, 0.1) is 16.2 Å². The van der Waals surface area contributed by atoms with Crippen molar-refractivity contribution in [3.05, 3.63) is 63.7 Å². The number of nitrogens with one attached hydrogen (secondary N) is 1. The molecule has 0 heterocycles. The van der Waals surface area contributed by atoms with Crippen LogP contribution in [0.5, 0.6) is 5.75 Å². The van der Waals surface area contributed by atoms with E-state index >= 15 is 0 Å². The van der Waals surface area contributed by atoms with Crippen molar-refractivity contribution < 1.29 is 14.5 Å². The number of rotatable bonds is 5. The lowest BCUT2D eigenvalue weighted by atomic mass is 9.87. The summed E-state index contributed by atoms with van der Waals surface area (Å²) >= 11 is 0. The molecule has 132 valence electrons. The van der Waals surface area contributed by atoms with E-state index in [9.17, 15) is 14.9 Å². The first-order valence-corrected chi connectivity index (χ1v) is 7.95. The van der Waals surface area contributed by atoms with E-state index < -0.39 is 4.92 Å². The van der Waals surface area contributed by atoms with Gasteiger partial charge in [-0.3, -0.25) is 14.9 Å². The number of carbonyl (C=O) groups is 1. The fourth-order valence-electron chi connectivity index (χ4n) is 2.34. The molecule has 0 radical (unpaired) electrons. The molecule has 2 rings (SSSR count). The molecular weight excluding hydrogens is 320 g/mol. The number of anilines is 1. The van der Waals surface area contributed by atoms with Crippen LogP contribution >= 0.6 is 0 Å². The van der Waals surface area contributed by atoms with Gasteiger partial charge in [-0.1, -0.05) is 39.0 Å². The van der Waals surface area contributed by atoms with Crippen LogP contribution in [-0.4, -0.2) is 17.4 Å². The summed E-state index contributed by atoms with van der Waals surface area (Å²) in [4.78, 5) is 22.5. The van der Waals surface area contributed by atoms with Gasteiger partial charge in [0, 0.05) is 6.07 Å². The number of ether oxygens (including phenoxy) is 1. The first-order chi connectivity index (χ1) is 11.7. The summed E-state index contributed by atoms with van der Waals surface area (Å²) in [5.41, 5.74) is 2.02. The van der Waals surface area contributed by atoms with Crippen molar-refractivity contribution in [2.24, 2.45) is 0 Å². The van der Waals surface area contributed by atoms with Crippen molar-refractivity contribution in [1.29, 1.82) is 0 Å². The predicted octanol–water partition coefficient (Wildman–Crippen LogP) is 4.22. The van der Waals surface area contributed by atoms with Gasteiger partial charge in [0.2, 0.25) is 0 Å². The number of nitro groups is 1. The maximum Gasteiger partial charge on any atom is 0.274 e. The van der Waals surface area contributed by atoms with E-state index in [0.29, 0.717) is 17.0 Å². The molecular formula is C19H22N2O4. The molecule has 0 saturated carbocycles. The second-order valence-electron chi connectivity index (χ2n) is 6.82.